The molecule has 80 valence electrons. The first-order valence-electron chi connectivity index (χ1n) is 4.40. The van der Waals surface area contributed by atoms with Crippen molar-refractivity contribution in [2.45, 2.75) is 6.54 Å². The maximum absolute atomic E-state index is 10.8. The van der Waals surface area contributed by atoms with Gasteiger partial charge < -0.3 is 16.4 Å². The van der Waals surface area contributed by atoms with Gasteiger partial charge in [-0.25, -0.2) is 4.79 Å². The summed E-state index contributed by atoms with van der Waals surface area (Å²) in [4.78, 5) is 12.6. The zero-order chi connectivity index (χ0) is 11.4. The normalized spacial score (nSPS) is 9.67. The summed E-state index contributed by atoms with van der Waals surface area (Å²) in [6.07, 6.45) is 0. The van der Waals surface area contributed by atoms with Gasteiger partial charge in [-0.05, 0) is 11.6 Å². The molecule has 2 amide bonds. The van der Waals surface area contributed by atoms with Crippen molar-refractivity contribution in [1.82, 2.24) is 4.90 Å². The molecule has 0 heterocycles. The van der Waals surface area contributed by atoms with Crippen LogP contribution in [0.25, 0.3) is 0 Å². The van der Waals surface area contributed by atoms with E-state index in [1.165, 1.54) is 4.90 Å². The molecule has 0 unspecified atom stereocenters. The number of carbonyl (C=O) groups is 1. The van der Waals surface area contributed by atoms with Gasteiger partial charge in [-0.15, -0.1) is 0 Å². The minimum Gasteiger partial charge on any atom is -0.389 e. The highest BCUT2D eigenvalue weighted by molar-refractivity contribution is 7.80. The number of hydrogen-bond donors (Lipinski definition) is 2. The van der Waals surface area contributed by atoms with Crippen molar-refractivity contribution >= 4 is 23.2 Å². The Bertz CT molecular complexity index is 392. The number of hydrogen-bond acceptors (Lipinski definition) is 2. The Morgan fingerprint density at radius 1 is 1.47 bits per heavy atom. The van der Waals surface area contributed by atoms with E-state index in [0.717, 1.165) is 11.1 Å². The monoisotopic (exact) mass is 223 g/mol. The fourth-order valence-corrected chi connectivity index (χ4v) is 1.30. The standard InChI is InChI=1S/C10H13N3OS/c1-13(10(12)14)6-7-3-2-4-8(5-7)9(11)15/h2-5H,6H2,1H3,(H2,11,15)(H2,12,14). The van der Waals surface area contributed by atoms with E-state index in [2.05, 4.69) is 0 Å². The first-order valence-corrected chi connectivity index (χ1v) is 4.81. The number of primary amides is 1. The summed E-state index contributed by atoms with van der Waals surface area (Å²) < 4.78 is 0. The van der Waals surface area contributed by atoms with Crippen molar-refractivity contribution in [2.24, 2.45) is 11.5 Å². The third kappa shape index (κ3) is 3.21. The van der Waals surface area contributed by atoms with E-state index in [1.807, 2.05) is 24.3 Å². The molecular weight excluding hydrogens is 210 g/mol. The van der Waals surface area contributed by atoms with E-state index in [0.29, 0.717) is 11.5 Å². The molecule has 0 radical (unpaired) electrons. The summed E-state index contributed by atoms with van der Waals surface area (Å²) in [7, 11) is 1.63. The number of nitrogens with two attached hydrogens (primary N) is 2. The van der Waals surface area contributed by atoms with Gasteiger partial charge in [-0.2, -0.15) is 0 Å². The molecule has 4 nitrogen and oxygen atoms in total. The third-order valence-corrected chi connectivity index (χ3v) is 2.24. The Morgan fingerprint density at radius 2 is 2.13 bits per heavy atom. The fraction of sp³-hybridized carbons (Fsp3) is 0.200. The molecule has 0 spiro atoms. The molecule has 1 rings (SSSR count). The largest absolute Gasteiger partial charge is 0.389 e. The number of amides is 2. The molecule has 0 saturated carbocycles. The van der Waals surface area contributed by atoms with Crippen LogP contribution in [0.2, 0.25) is 0 Å². The summed E-state index contributed by atoms with van der Waals surface area (Å²) in [5.41, 5.74) is 12.4. The molecule has 0 aromatic heterocycles. The Kier molecular flexibility index (Phi) is 3.62. The molecule has 0 aliphatic heterocycles. The van der Waals surface area contributed by atoms with Crippen LogP contribution < -0.4 is 11.5 Å². The summed E-state index contributed by atoms with van der Waals surface area (Å²) in [5.74, 6) is 0. The van der Waals surface area contributed by atoms with Crippen LogP contribution >= 0.6 is 12.2 Å². The lowest BCUT2D eigenvalue weighted by molar-refractivity contribution is 0.216. The van der Waals surface area contributed by atoms with E-state index in [9.17, 15) is 4.79 Å². The number of thiocarbonyl (C=S) groups is 1. The van der Waals surface area contributed by atoms with Crippen molar-refractivity contribution in [3.05, 3.63) is 35.4 Å². The molecular formula is C10H13N3OS. The average Bonchev–Trinajstić information content (AvgIpc) is 2.18. The van der Waals surface area contributed by atoms with Crippen LogP contribution in [0.4, 0.5) is 4.79 Å². The van der Waals surface area contributed by atoms with Crippen LogP contribution in [0.1, 0.15) is 11.1 Å². The zero-order valence-corrected chi connectivity index (χ0v) is 9.25. The highest BCUT2D eigenvalue weighted by Crippen LogP contribution is 2.07. The molecule has 0 fully saturated rings. The van der Waals surface area contributed by atoms with Crippen molar-refractivity contribution < 1.29 is 4.79 Å². The molecule has 1 aromatic carbocycles. The lowest BCUT2D eigenvalue weighted by atomic mass is 10.1. The van der Waals surface area contributed by atoms with Crippen molar-refractivity contribution in [1.29, 1.82) is 0 Å². The van der Waals surface area contributed by atoms with Gasteiger partial charge in [-0.3, -0.25) is 0 Å². The molecule has 4 N–H and O–H groups in total. The highest BCUT2D eigenvalue weighted by Gasteiger charge is 2.05. The topological polar surface area (TPSA) is 72.3 Å². The second-order valence-corrected chi connectivity index (χ2v) is 3.70. The molecule has 5 heteroatoms. The third-order valence-electron chi connectivity index (χ3n) is 2.01. The van der Waals surface area contributed by atoms with Gasteiger partial charge >= 0.3 is 6.03 Å². The van der Waals surface area contributed by atoms with E-state index in [4.69, 9.17) is 23.7 Å². The van der Waals surface area contributed by atoms with E-state index >= 15 is 0 Å². The maximum Gasteiger partial charge on any atom is 0.314 e. The quantitative estimate of drug-likeness (QED) is 0.745. The number of carbonyl (C=O) groups excluding carboxylic acids is 1. The van der Waals surface area contributed by atoms with Gasteiger partial charge in [0.2, 0.25) is 0 Å². The molecule has 15 heavy (non-hydrogen) atoms. The minimum atomic E-state index is -0.462. The van der Waals surface area contributed by atoms with Crippen LogP contribution in [-0.4, -0.2) is 23.0 Å². The number of urea groups is 1. The first-order chi connectivity index (χ1) is 7.00. The summed E-state index contributed by atoms with van der Waals surface area (Å²) >= 11 is 4.86. The highest BCUT2D eigenvalue weighted by atomic mass is 32.1. The van der Waals surface area contributed by atoms with Gasteiger partial charge in [0.25, 0.3) is 0 Å². The Morgan fingerprint density at radius 3 is 2.67 bits per heavy atom. The average molecular weight is 223 g/mol. The number of nitrogens with zero attached hydrogens (tertiary/aromatic N) is 1. The first kappa shape index (κ1) is 11.5. The Labute approximate surface area is 93.9 Å². The van der Waals surface area contributed by atoms with Crippen LogP contribution in [0.5, 0.6) is 0 Å². The molecule has 1 aromatic rings. The lowest BCUT2D eigenvalue weighted by Crippen LogP contribution is -2.31. The Balaban J connectivity index is 2.82. The summed E-state index contributed by atoms with van der Waals surface area (Å²) in [6.45, 7) is 0.450. The predicted molar refractivity (Wildman–Crippen MR) is 63.4 cm³/mol. The second kappa shape index (κ2) is 4.75. The molecule has 0 aliphatic carbocycles. The number of rotatable bonds is 3. The van der Waals surface area contributed by atoms with E-state index in [1.54, 1.807) is 7.05 Å². The van der Waals surface area contributed by atoms with Gasteiger partial charge in [0, 0.05) is 19.2 Å². The van der Waals surface area contributed by atoms with Gasteiger partial charge in [0.15, 0.2) is 0 Å². The maximum atomic E-state index is 10.8. The van der Waals surface area contributed by atoms with Gasteiger partial charge in [0.1, 0.15) is 4.99 Å². The molecule has 0 aliphatic rings. The van der Waals surface area contributed by atoms with Crippen LogP contribution in [0.3, 0.4) is 0 Å². The number of benzene rings is 1. The SMILES string of the molecule is CN(Cc1cccc(C(N)=S)c1)C(N)=O. The molecule has 0 saturated heterocycles. The van der Waals surface area contributed by atoms with Crippen LogP contribution in [0.15, 0.2) is 24.3 Å². The fourth-order valence-electron chi connectivity index (χ4n) is 1.17. The van der Waals surface area contributed by atoms with Crippen LogP contribution in [0, 0.1) is 0 Å². The second-order valence-electron chi connectivity index (χ2n) is 3.26. The van der Waals surface area contributed by atoms with Crippen molar-refractivity contribution in [3.63, 3.8) is 0 Å². The van der Waals surface area contributed by atoms with Gasteiger partial charge in [0.05, 0.1) is 0 Å². The van der Waals surface area contributed by atoms with Gasteiger partial charge in [-0.1, -0.05) is 30.4 Å². The summed E-state index contributed by atoms with van der Waals surface area (Å²) in [5, 5.41) is 0. The van der Waals surface area contributed by atoms with E-state index in [-0.39, 0.29) is 0 Å². The van der Waals surface area contributed by atoms with E-state index < -0.39 is 6.03 Å². The molecule has 0 bridgehead atoms. The van der Waals surface area contributed by atoms with Crippen molar-refractivity contribution in [3.8, 4) is 0 Å². The lowest BCUT2D eigenvalue weighted by Gasteiger charge is -2.14. The van der Waals surface area contributed by atoms with Crippen molar-refractivity contribution in [2.75, 3.05) is 7.05 Å². The smallest absolute Gasteiger partial charge is 0.314 e. The Hall–Kier alpha value is -1.62. The zero-order valence-electron chi connectivity index (χ0n) is 8.43. The molecule has 0 atom stereocenters. The summed E-state index contributed by atoms with van der Waals surface area (Å²) in [6, 6.07) is 6.95. The minimum absolute atomic E-state index is 0.346. The van der Waals surface area contributed by atoms with Crippen LogP contribution in [-0.2, 0) is 6.54 Å². The predicted octanol–water partition coefficient (Wildman–Crippen LogP) is 0.831.